The highest BCUT2D eigenvalue weighted by Gasteiger charge is 1.96. The van der Waals surface area contributed by atoms with E-state index in [1.165, 1.54) is 24.8 Å². The molecular weight excluding hydrogens is 178 g/mol. The predicted molar refractivity (Wildman–Crippen MR) is 60.5 cm³/mol. The Morgan fingerprint density at radius 2 is 2.07 bits per heavy atom. The number of hydrogen-bond donors (Lipinski definition) is 2. The van der Waals surface area contributed by atoms with Crippen LogP contribution in [0.2, 0.25) is 0 Å². The molecule has 4 heteroatoms. The summed E-state index contributed by atoms with van der Waals surface area (Å²) < 4.78 is 0. The fraction of sp³-hybridized carbons (Fsp3) is 0.500. The van der Waals surface area contributed by atoms with Gasteiger partial charge in [-0.25, -0.2) is 0 Å². The Bertz CT molecular complexity index is 241. The van der Waals surface area contributed by atoms with Crippen molar-refractivity contribution in [2.75, 3.05) is 5.73 Å². The number of unbranched alkanes of at least 4 members (excludes halogenated alkanes) is 2. The van der Waals surface area contributed by atoms with E-state index in [9.17, 15) is 0 Å². The average molecular weight is 199 g/mol. The Morgan fingerprint density at radius 1 is 1.36 bits per heavy atom. The molecule has 0 saturated carbocycles. The summed E-state index contributed by atoms with van der Waals surface area (Å²) in [5.74, 6) is 0. The highest BCUT2D eigenvalue weighted by Crippen LogP contribution is 2.12. The van der Waals surface area contributed by atoms with E-state index in [4.69, 9.17) is 5.73 Å². The van der Waals surface area contributed by atoms with E-state index in [-0.39, 0.29) is 11.6 Å². The Labute approximate surface area is 85.4 Å². The number of pyridine rings is 1. The van der Waals surface area contributed by atoms with Crippen molar-refractivity contribution < 1.29 is 5.48 Å². The zero-order chi connectivity index (χ0) is 8.81. The molecule has 1 aromatic rings. The van der Waals surface area contributed by atoms with Gasteiger partial charge in [-0.2, -0.15) is 0 Å². The number of aromatic nitrogens is 1. The van der Waals surface area contributed by atoms with Crippen molar-refractivity contribution in [3.63, 3.8) is 0 Å². The van der Waals surface area contributed by atoms with Gasteiger partial charge >= 0.3 is 0 Å². The van der Waals surface area contributed by atoms with Crippen LogP contribution in [0.5, 0.6) is 0 Å². The molecule has 0 aliphatic carbocycles. The van der Waals surface area contributed by atoms with Crippen LogP contribution in [0.15, 0.2) is 18.5 Å². The lowest BCUT2D eigenvalue weighted by Crippen LogP contribution is -1.94. The van der Waals surface area contributed by atoms with Crippen LogP contribution in [-0.4, -0.2) is 10.5 Å². The Balaban J connectivity index is 0. The number of aryl methyl sites for hydroxylation is 1. The molecule has 0 bridgehead atoms. The molecule has 0 amide bonds. The molecule has 1 aromatic heterocycles. The Hall–Kier alpha value is -1.13. The van der Waals surface area contributed by atoms with Gasteiger partial charge in [0, 0.05) is 6.20 Å². The van der Waals surface area contributed by atoms with Crippen LogP contribution < -0.4 is 11.9 Å². The number of nitrogens with zero attached hydrogens (tertiary/aromatic N) is 1. The van der Waals surface area contributed by atoms with Crippen LogP contribution in [-0.2, 0) is 6.42 Å². The molecule has 0 aromatic carbocycles. The summed E-state index contributed by atoms with van der Waals surface area (Å²) in [4.78, 5) is 3.95. The summed E-state index contributed by atoms with van der Waals surface area (Å²) >= 11 is 0. The second-order valence-corrected chi connectivity index (χ2v) is 3.03. The molecule has 0 fully saturated rings. The number of nitrogens with two attached hydrogens (primary N) is 1. The normalized spacial score (nSPS) is 8.64. The van der Waals surface area contributed by atoms with Crippen LogP contribution in [0.4, 0.5) is 5.69 Å². The van der Waals surface area contributed by atoms with Gasteiger partial charge in [0.25, 0.3) is 0 Å². The maximum atomic E-state index is 5.74. The zero-order valence-electron chi connectivity index (χ0n) is 8.79. The van der Waals surface area contributed by atoms with Gasteiger partial charge in [0.15, 0.2) is 0 Å². The molecule has 0 radical (unpaired) electrons. The first-order valence-corrected chi connectivity index (χ1v) is 4.53. The van der Waals surface area contributed by atoms with E-state index < -0.39 is 0 Å². The van der Waals surface area contributed by atoms with Gasteiger partial charge in [-0.15, -0.1) is 0 Å². The highest BCUT2D eigenvalue weighted by molar-refractivity contribution is 5.43. The fourth-order valence-electron chi connectivity index (χ4n) is 1.23. The topological polar surface area (TPSA) is 105 Å². The Morgan fingerprint density at radius 3 is 2.64 bits per heavy atom. The molecule has 1 heterocycles. The maximum absolute atomic E-state index is 5.74. The van der Waals surface area contributed by atoms with Crippen LogP contribution in [0.3, 0.4) is 0 Å². The van der Waals surface area contributed by atoms with Crippen molar-refractivity contribution in [3.8, 4) is 0 Å². The molecular formula is C10H21N3O. The lowest BCUT2D eigenvalue weighted by atomic mass is 10.1. The van der Waals surface area contributed by atoms with Gasteiger partial charge in [0.1, 0.15) is 0 Å². The number of nitrogen functional groups attached to an aromatic ring is 1. The smallest absolute Gasteiger partial charge is 0.0533 e. The van der Waals surface area contributed by atoms with Crippen LogP contribution in [0.1, 0.15) is 31.7 Å². The summed E-state index contributed by atoms with van der Waals surface area (Å²) in [5.41, 5.74) is 7.80. The maximum Gasteiger partial charge on any atom is 0.0533 e. The summed E-state index contributed by atoms with van der Waals surface area (Å²) in [6, 6.07) is 2.00. The zero-order valence-corrected chi connectivity index (χ0v) is 8.79. The van der Waals surface area contributed by atoms with Gasteiger partial charge in [-0.1, -0.05) is 19.8 Å². The minimum Gasteiger partial charge on any atom is -0.412 e. The quantitative estimate of drug-likeness (QED) is 0.721. The van der Waals surface area contributed by atoms with Crippen molar-refractivity contribution in [2.45, 2.75) is 32.6 Å². The standard InChI is InChI=1S/C10H16N2.H3N.H2O/c1-2-3-4-5-9-6-7-12-8-10(9)11;;/h6-8H,2-5,11H2,1H3;1H3;1H2. The third-order valence-corrected chi connectivity index (χ3v) is 2.00. The molecule has 0 aliphatic rings. The average Bonchev–Trinajstić information content (AvgIpc) is 2.09. The van der Waals surface area contributed by atoms with E-state index in [1.54, 1.807) is 12.4 Å². The fourth-order valence-corrected chi connectivity index (χ4v) is 1.23. The largest absolute Gasteiger partial charge is 0.412 e. The lowest BCUT2D eigenvalue weighted by molar-refractivity contribution is 0.718. The van der Waals surface area contributed by atoms with E-state index in [1.807, 2.05) is 6.07 Å². The summed E-state index contributed by atoms with van der Waals surface area (Å²) in [5, 5.41) is 0. The number of anilines is 1. The first kappa shape index (κ1) is 15.3. The second kappa shape index (κ2) is 8.47. The molecule has 82 valence electrons. The molecule has 1 rings (SSSR count). The van der Waals surface area contributed by atoms with Gasteiger partial charge in [-0.05, 0) is 24.5 Å². The minimum absolute atomic E-state index is 0. The van der Waals surface area contributed by atoms with Crippen molar-refractivity contribution in [3.05, 3.63) is 24.0 Å². The van der Waals surface area contributed by atoms with Crippen molar-refractivity contribution in [1.82, 2.24) is 11.1 Å². The van der Waals surface area contributed by atoms with Crippen LogP contribution in [0, 0.1) is 0 Å². The van der Waals surface area contributed by atoms with Crippen LogP contribution in [0.25, 0.3) is 0 Å². The lowest BCUT2D eigenvalue weighted by Gasteiger charge is -2.02. The molecule has 0 unspecified atom stereocenters. The molecule has 0 atom stereocenters. The van der Waals surface area contributed by atoms with Gasteiger partial charge in [-0.3, -0.25) is 4.98 Å². The molecule has 7 N–H and O–H groups in total. The molecule has 0 spiro atoms. The summed E-state index contributed by atoms with van der Waals surface area (Å²) in [7, 11) is 0. The third kappa shape index (κ3) is 4.79. The van der Waals surface area contributed by atoms with E-state index in [2.05, 4.69) is 11.9 Å². The molecule has 0 aliphatic heterocycles. The van der Waals surface area contributed by atoms with Crippen molar-refractivity contribution >= 4 is 5.69 Å². The minimum atomic E-state index is 0. The first-order valence-electron chi connectivity index (χ1n) is 4.53. The highest BCUT2D eigenvalue weighted by atomic mass is 16.0. The van der Waals surface area contributed by atoms with Gasteiger partial charge in [0.2, 0.25) is 0 Å². The van der Waals surface area contributed by atoms with Crippen LogP contribution >= 0.6 is 0 Å². The molecule has 4 nitrogen and oxygen atoms in total. The first-order chi connectivity index (χ1) is 5.84. The molecule has 14 heavy (non-hydrogen) atoms. The molecule has 0 saturated heterocycles. The second-order valence-electron chi connectivity index (χ2n) is 3.03. The predicted octanol–water partition coefficient (Wildman–Crippen LogP) is 1.73. The van der Waals surface area contributed by atoms with Gasteiger partial charge in [0.05, 0.1) is 11.9 Å². The SMILES string of the molecule is CCCCCc1ccncc1N.N.O. The van der Waals surface area contributed by atoms with E-state index in [0.29, 0.717) is 0 Å². The number of rotatable bonds is 4. The summed E-state index contributed by atoms with van der Waals surface area (Å²) in [6.45, 7) is 2.20. The Kier molecular flexibility index (Phi) is 9.28. The third-order valence-electron chi connectivity index (χ3n) is 2.00. The van der Waals surface area contributed by atoms with Crippen molar-refractivity contribution in [2.24, 2.45) is 0 Å². The summed E-state index contributed by atoms with van der Waals surface area (Å²) in [6.07, 6.45) is 8.37. The van der Waals surface area contributed by atoms with Gasteiger partial charge < -0.3 is 17.4 Å². The van der Waals surface area contributed by atoms with E-state index >= 15 is 0 Å². The van der Waals surface area contributed by atoms with Crippen molar-refractivity contribution in [1.29, 1.82) is 0 Å². The monoisotopic (exact) mass is 199 g/mol. The number of hydrogen-bond acceptors (Lipinski definition) is 3. The van der Waals surface area contributed by atoms with E-state index in [0.717, 1.165) is 12.1 Å².